The lowest BCUT2D eigenvalue weighted by atomic mass is 10.4. The average Bonchev–Trinajstić information content (AvgIpc) is 3.25. The van der Waals surface area contributed by atoms with E-state index >= 15 is 0 Å². The molecule has 3 rings (SSSR count). The topological polar surface area (TPSA) is 116 Å². The number of hydrogen-bond acceptors (Lipinski definition) is 7. The molecule has 0 unspecified atom stereocenters. The molecule has 2 aromatic rings. The number of amides is 1. The van der Waals surface area contributed by atoms with Crippen LogP contribution in [0.2, 0.25) is 5.02 Å². The van der Waals surface area contributed by atoms with Crippen molar-refractivity contribution < 1.29 is 14.1 Å². The summed E-state index contributed by atoms with van der Waals surface area (Å²) in [4.78, 5) is 26.4. The first-order valence-electron chi connectivity index (χ1n) is 6.90. The van der Waals surface area contributed by atoms with Crippen molar-refractivity contribution in [1.29, 1.82) is 0 Å². The zero-order valence-electron chi connectivity index (χ0n) is 12.5. The molecule has 9 nitrogen and oxygen atoms in total. The highest BCUT2D eigenvalue weighted by molar-refractivity contribution is 8.14. The van der Waals surface area contributed by atoms with Crippen LogP contribution in [0.3, 0.4) is 0 Å². The van der Waals surface area contributed by atoms with Crippen LogP contribution in [-0.2, 0) is 6.54 Å². The lowest BCUT2D eigenvalue weighted by molar-refractivity contribution is -0.389. The minimum Gasteiger partial charge on any atom is -0.454 e. The maximum atomic E-state index is 12.0. The molecular weight excluding hydrogens is 358 g/mol. The molecule has 0 saturated carbocycles. The van der Waals surface area contributed by atoms with Crippen LogP contribution >= 0.6 is 23.4 Å². The number of nitrogens with zero attached hydrogens (tertiary/aromatic N) is 4. The summed E-state index contributed by atoms with van der Waals surface area (Å²) in [5, 5.41) is 17.9. The van der Waals surface area contributed by atoms with Gasteiger partial charge in [0.25, 0.3) is 5.91 Å². The molecule has 0 atom stereocenters. The van der Waals surface area contributed by atoms with Gasteiger partial charge in [-0.15, -0.1) is 0 Å². The number of halogens is 1. The van der Waals surface area contributed by atoms with Crippen LogP contribution in [0.4, 0.5) is 5.82 Å². The number of nitro groups is 1. The van der Waals surface area contributed by atoms with Gasteiger partial charge in [0.15, 0.2) is 16.0 Å². The minimum absolute atomic E-state index is 0.0132. The highest BCUT2D eigenvalue weighted by atomic mass is 35.5. The number of nitrogens with one attached hydrogen (secondary N) is 1. The van der Waals surface area contributed by atoms with Gasteiger partial charge in [0.1, 0.15) is 12.3 Å². The fraction of sp³-hybridized carbons (Fsp3) is 0.308. The maximum absolute atomic E-state index is 12.0. The van der Waals surface area contributed by atoms with E-state index < -0.39 is 16.6 Å². The van der Waals surface area contributed by atoms with Crippen LogP contribution in [-0.4, -0.2) is 38.1 Å². The predicted octanol–water partition coefficient (Wildman–Crippen LogP) is 2.23. The summed E-state index contributed by atoms with van der Waals surface area (Å²) in [5.74, 6) is 0.603. The Hall–Kier alpha value is -2.33. The van der Waals surface area contributed by atoms with Crippen molar-refractivity contribution in [3.63, 3.8) is 0 Å². The summed E-state index contributed by atoms with van der Waals surface area (Å²) in [5.41, 5.74) is 0.447. The lowest BCUT2D eigenvalue weighted by Crippen LogP contribution is -2.26. The van der Waals surface area contributed by atoms with Crippen LogP contribution in [0.5, 0.6) is 0 Å². The largest absolute Gasteiger partial charge is 0.454 e. The van der Waals surface area contributed by atoms with E-state index in [-0.39, 0.29) is 17.3 Å². The summed E-state index contributed by atoms with van der Waals surface area (Å²) >= 11 is 7.36. The Morgan fingerprint density at radius 1 is 1.58 bits per heavy atom. The van der Waals surface area contributed by atoms with Crippen molar-refractivity contribution in [2.24, 2.45) is 4.99 Å². The van der Waals surface area contributed by atoms with Crippen LogP contribution in [0.1, 0.15) is 22.0 Å². The second kappa shape index (κ2) is 6.65. The number of rotatable bonds is 4. The average molecular weight is 370 g/mol. The Balaban J connectivity index is 1.73. The summed E-state index contributed by atoms with van der Waals surface area (Å²) in [7, 11) is 0. The number of carbonyl (C=O) groups is 1. The van der Waals surface area contributed by atoms with E-state index in [1.165, 1.54) is 22.5 Å². The normalized spacial score (nSPS) is 13.8. The quantitative estimate of drug-likeness (QED) is 0.652. The molecule has 0 spiro atoms. The van der Waals surface area contributed by atoms with E-state index in [1.807, 2.05) is 0 Å². The number of thioether (sulfide) groups is 1. The minimum atomic E-state index is -0.646. The molecule has 1 aliphatic rings. The highest BCUT2D eigenvalue weighted by Crippen LogP contribution is 2.27. The first-order chi connectivity index (χ1) is 11.5. The van der Waals surface area contributed by atoms with E-state index in [1.54, 1.807) is 13.0 Å². The molecule has 24 heavy (non-hydrogen) atoms. The molecule has 0 saturated heterocycles. The Morgan fingerprint density at radius 2 is 2.38 bits per heavy atom. The molecule has 0 aromatic carbocycles. The number of amidine groups is 1. The molecule has 0 bridgehead atoms. The van der Waals surface area contributed by atoms with E-state index in [4.69, 9.17) is 16.0 Å². The molecule has 0 aliphatic carbocycles. The number of hydrogen-bond donors (Lipinski definition) is 1. The number of aliphatic imine (C=N–C) groups is 1. The summed E-state index contributed by atoms with van der Waals surface area (Å²) < 4.78 is 6.83. The third-order valence-corrected chi connectivity index (χ3v) is 4.62. The standard InChI is InChI=1S/C13H12ClN5O4S/c1-7-10(14)11(19(21)22)17-18(7)6-8-2-3-9(23-8)12(20)16-13-15-4-5-24-13/h2-3H,4-6H2,1H3,(H,15,16,20). The van der Waals surface area contributed by atoms with Gasteiger partial charge >= 0.3 is 5.82 Å². The Labute approximate surface area is 145 Å². The monoisotopic (exact) mass is 369 g/mol. The molecule has 0 fully saturated rings. The predicted molar refractivity (Wildman–Crippen MR) is 88.7 cm³/mol. The molecule has 2 aromatic heterocycles. The van der Waals surface area contributed by atoms with Gasteiger partial charge in [0.05, 0.1) is 17.3 Å². The van der Waals surface area contributed by atoms with E-state index in [0.717, 1.165) is 5.75 Å². The van der Waals surface area contributed by atoms with Gasteiger partial charge in [-0.25, -0.2) is 0 Å². The third-order valence-electron chi connectivity index (χ3n) is 3.29. The van der Waals surface area contributed by atoms with Gasteiger partial charge in [0, 0.05) is 5.75 Å². The molecule has 11 heteroatoms. The summed E-state index contributed by atoms with van der Waals surface area (Å²) in [6.07, 6.45) is 0. The van der Waals surface area contributed by atoms with Gasteiger partial charge in [-0.1, -0.05) is 23.4 Å². The van der Waals surface area contributed by atoms with Crippen molar-refractivity contribution in [3.8, 4) is 0 Å². The van der Waals surface area contributed by atoms with Gasteiger partial charge in [-0.2, -0.15) is 4.68 Å². The first-order valence-corrected chi connectivity index (χ1v) is 8.26. The van der Waals surface area contributed by atoms with Crippen LogP contribution in [0.15, 0.2) is 21.5 Å². The number of carbonyl (C=O) groups excluding carboxylic acids is 1. The molecule has 1 N–H and O–H groups in total. The van der Waals surface area contributed by atoms with E-state index in [2.05, 4.69) is 15.4 Å². The summed E-state index contributed by atoms with van der Waals surface area (Å²) in [6, 6.07) is 3.14. The lowest BCUT2D eigenvalue weighted by Gasteiger charge is -2.01. The van der Waals surface area contributed by atoms with Crippen LogP contribution in [0.25, 0.3) is 0 Å². The van der Waals surface area contributed by atoms with Crippen molar-refractivity contribution in [2.45, 2.75) is 13.5 Å². The van der Waals surface area contributed by atoms with Crippen molar-refractivity contribution in [2.75, 3.05) is 12.3 Å². The van der Waals surface area contributed by atoms with Gasteiger partial charge in [-0.3, -0.25) is 15.1 Å². The molecule has 3 heterocycles. The first kappa shape index (κ1) is 16.5. The highest BCUT2D eigenvalue weighted by Gasteiger charge is 2.25. The number of furan rings is 1. The second-order valence-electron chi connectivity index (χ2n) is 4.89. The van der Waals surface area contributed by atoms with Crippen LogP contribution < -0.4 is 5.32 Å². The molecule has 1 amide bonds. The SMILES string of the molecule is Cc1c(Cl)c([N+](=O)[O-])nn1Cc1ccc(C(=O)NC2=NCCS2)o1. The van der Waals surface area contributed by atoms with E-state index in [9.17, 15) is 14.9 Å². The number of aromatic nitrogens is 2. The maximum Gasteiger partial charge on any atom is 0.408 e. The van der Waals surface area contributed by atoms with Gasteiger partial charge in [0.2, 0.25) is 0 Å². The van der Waals surface area contributed by atoms with Gasteiger partial charge < -0.3 is 14.5 Å². The Bertz CT molecular complexity index is 844. The fourth-order valence-corrected chi connectivity index (χ4v) is 3.01. The summed E-state index contributed by atoms with van der Waals surface area (Å²) in [6.45, 7) is 2.43. The van der Waals surface area contributed by atoms with Crippen molar-refractivity contribution in [3.05, 3.63) is 44.5 Å². The Kier molecular flexibility index (Phi) is 4.58. The van der Waals surface area contributed by atoms with Crippen molar-refractivity contribution >= 4 is 40.3 Å². The zero-order valence-corrected chi connectivity index (χ0v) is 14.1. The van der Waals surface area contributed by atoms with Crippen molar-refractivity contribution in [1.82, 2.24) is 15.1 Å². The van der Waals surface area contributed by atoms with E-state index in [0.29, 0.717) is 23.2 Å². The van der Waals surface area contributed by atoms with Crippen LogP contribution in [0, 0.1) is 17.0 Å². The molecule has 1 aliphatic heterocycles. The molecule has 0 radical (unpaired) electrons. The van der Waals surface area contributed by atoms with Gasteiger partial charge in [-0.05, 0) is 24.0 Å². The second-order valence-corrected chi connectivity index (χ2v) is 6.35. The fourth-order valence-electron chi connectivity index (χ4n) is 2.08. The zero-order chi connectivity index (χ0) is 17.3. The Morgan fingerprint density at radius 3 is 3.00 bits per heavy atom. The molecular formula is C13H12ClN5O4S. The smallest absolute Gasteiger partial charge is 0.408 e. The molecule has 126 valence electrons. The third kappa shape index (κ3) is 3.29.